The molecule has 22 heavy (non-hydrogen) atoms. The Balaban J connectivity index is 0.00000176. The van der Waals surface area contributed by atoms with Crippen molar-refractivity contribution < 1.29 is 13.3 Å². The number of aliphatic imine (C=N–C) groups is 1. The van der Waals surface area contributed by atoms with E-state index in [1.165, 1.54) is 0 Å². The first-order chi connectivity index (χ1) is 10.1. The van der Waals surface area contributed by atoms with Gasteiger partial charge in [0.15, 0.2) is 11.8 Å². The lowest BCUT2D eigenvalue weighted by molar-refractivity contribution is 0.374. The summed E-state index contributed by atoms with van der Waals surface area (Å²) in [7, 11) is 0. The molecule has 3 N–H and O–H groups in total. The van der Waals surface area contributed by atoms with E-state index in [4.69, 9.17) is 10.3 Å². The Morgan fingerprint density at radius 2 is 2.18 bits per heavy atom. The number of benzene rings is 1. The first-order valence-corrected chi connectivity index (χ1v) is 6.46. The van der Waals surface area contributed by atoms with Crippen LogP contribution in [0, 0.1) is 11.6 Å². The van der Waals surface area contributed by atoms with Gasteiger partial charge >= 0.3 is 0 Å². The van der Waals surface area contributed by atoms with Crippen molar-refractivity contribution in [3.05, 3.63) is 41.5 Å². The van der Waals surface area contributed by atoms with Crippen molar-refractivity contribution in [2.45, 2.75) is 25.3 Å². The fourth-order valence-corrected chi connectivity index (χ4v) is 1.75. The molecule has 6 nitrogen and oxygen atoms in total. The number of nitrogens with zero attached hydrogens (tertiary/aromatic N) is 3. The highest BCUT2D eigenvalue weighted by Gasteiger charge is 2.29. The second-order valence-electron chi connectivity index (χ2n) is 4.77. The molecule has 0 amide bonds. The largest absolute Gasteiger partial charge is 0.370 e. The second-order valence-corrected chi connectivity index (χ2v) is 4.77. The molecule has 1 saturated carbocycles. The number of aromatic nitrogens is 2. The van der Waals surface area contributed by atoms with E-state index in [1.807, 2.05) is 0 Å². The van der Waals surface area contributed by atoms with Crippen LogP contribution in [0.4, 0.5) is 14.5 Å². The minimum Gasteiger partial charge on any atom is -0.370 e. The summed E-state index contributed by atoms with van der Waals surface area (Å²) >= 11 is 0. The van der Waals surface area contributed by atoms with Gasteiger partial charge in [0, 0.05) is 12.0 Å². The molecule has 9 heteroatoms. The van der Waals surface area contributed by atoms with Gasteiger partial charge in [-0.05, 0) is 25.0 Å². The Labute approximate surface area is 142 Å². The van der Waals surface area contributed by atoms with E-state index in [2.05, 4.69) is 20.4 Å². The normalized spacial score (nSPS) is 14.5. The standard InChI is InChI=1S/C13H13F2N5O.HI/c14-8-3-4-9(15)10(5-8)18-13(16)17-6-11-19-12(21-20-11)7-1-2-7;/h3-5,7H,1-2,6H2,(H3,16,17,18);1H. The maximum atomic E-state index is 13.4. The number of nitrogens with two attached hydrogens (primary N) is 1. The third-order valence-corrected chi connectivity index (χ3v) is 2.99. The van der Waals surface area contributed by atoms with Crippen LogP contribution in [0.3, 0.4) is 0 Å². The van der Waals surface area contributed by atoms with E-state index in [-0.39, 0.29) is 42.2 Å². The van der Waals surface area contributed by atoms with Crippen LogP contribution in [-0.4, -0.2) is 16.1 Å². The summed E-state index contributed by atoms with van der Waals surface area (Å²) in [6.07, 6.45) is 2.13. The first-order valence-electron chi connectivity index (χ1n) is 6.46. The van der Waals surface area contributed by atoms with Crippen molar-refractivity contribution in [3.8, 4) is 0 Å². The lowest BCUT2D eigenvalue weighted by atomic mass is 10.3. The van der Waals surface area contributed by atoms with Gasteiger partial charge in [-0.2, -0.15) is 4.98 Å². The smallest absolute Gasteiger partial charge is 0.229 e. The minimum absolute atomic E-state index is 0. The second kappa shape index (κ2) is 6.99. The Morgan fingerprint density at radius 3 is 2.91 bits per heavy atom. The summed E-state index contributed by atoms with van der Waals surface area (Å²) in [5.41, 5.74) is 5.53. The van der Waals surface area contributed by atoms with Crippen molar-refractivity contribution in [2.75, 3.05) is 5.32 Å². The highest BCUT2D eigenvalue weighted by atomic mass is 127. The zero-order valence-corrected chi connectivity index (χ0v) is 13.8. The van der Waals surface area contributed by atoms with Crippen LogP contribution in [-0.2, 0) is 6.54 Å². The van der Waals surface area contributed by atoms with Gasteiger partial charge in [0.1, 0.15) is 18.2 Å². The Bertz CT molecular complexity index is 687. The number of nitrogens with one attached hydrogen (secondary N) is 1. The fraction of sp³-hybridized carbons (Fsp3) is 0.308. The van der Waals surface area contributed by atoms with Gasteiger partial charge in [0.05, 0.1) is 5.69 Å². The molecule has 0 atom stereocenters. The van der Waals surface area contributed by atoms with Crippen LogP contribution in [0.15, 0.2) is 27.7 Å². The summed E-state index contributed by atoms with van der Waals surface area (Å²) in [4.78, 5) is 8.14. The molecule has 0 spiro atoms. The molecule has 0 bridgehead atoms. The highest BCUT2D eigenvalue weighted by Crippen LogP contribution is 2.38. The zero-order chi connectivity index (χ0) is 14.8. The third kappa shape index (κ3) is 4.12. The molecule has 0 aliphatic heterocycles. The van der Waals surface area contributed by atoms with Gasteiger partial charge in [-0.1, -0.05) is 5.16 Å². The number of rotatable bonds is 4. The van der Waals surface area contributed by atoms with Gasteiger partial charge in [-0.25, -0.2) is 13.8 Å². The van der Waals surface area contributed by atoms with Crippen molar-refractivity contribution in [2.24, 2.45) is 10.7 Å². The summed E-state index contributed by atoms with van der Waals surface area (Å²) in [5.74, 6) is 0.137. The van der Waals surface area contributed by atoms with Crippen LogP contribution >= 0.6 is 24.0 Å². The predicted molar refractivity (Wildman–Crippen MR) is 87.0 cm³/mol. The molecule has 0 saturated heterocycles. The monoisotopic (exact) mass is 421 g/mol. The summed E-state index contributed by atoms with van der Waals surface area (Å²) < 4.78 is 31.5. The molecule has 1 aliphatic rings. The lowest BCUT2D eigenvalue weighted by Crippen LogP contribution is -2.23. The lowest BCUT2D eigenvalue weighted by Gasteiger charge is -2.06. The first kappa shape index (κ1) is 16.6. The Hall–Kier alpha value is -1.78. The highest BCUT2D eigenvalue weighted by molar-refractivity contribution is 14.0. The van der Waals surface area contributed by atoms with Crippen LogP contribution in [0.2, 0.25) is 0 Å². The predicted octanol–water partition coefficient (Wildman–Crippen LogP) is 2.77. The third-order valence-electron chi connectivity index (χ3n) is 2.99. The quantitative estimate of drug-likeness (QED) is 0.450. The maximum absolute atomic E-state index is 13.4. The SMILES string of the molecule is I.NC(=NCc1noc(C2CC2)n1)Nc1cc(F)ccc1F. The van der Waals surface area contributed by atoms with Crippen LogP contribution in [0.25, 0.3) is 0 Å². The Kier molecular flexibility index (Phi) is 5.27. The van der Waals surface area contributed by atoms with Crippen LogP contribution in [0.1, 0.15) is 30.5 Å². The molecule has 0 unspecified atom stereocenters. The van der Waals surface area contributed by atoms with Gasteiger partial charge in [-0.3, -0.25) is 0 Å². The van der Waals surface area contributed by atoms with Gasteiger partial charge in [-0.15, -0.1) is 24.0 Å². The molecule has 2 aromatic rings. The van der Waals surface area contributed by atoms with E-state index >= 15 is 0 Å². The van der Waals surface area contributed by atoms with Crippen molar-refractivity contribution in [3.63, 3.8) is 0 Å². The molecular formula is C13H14F2IN5O. The van der Waals surface area contributed by atoms with E-state index in [0.717, 1.165) is 31.0 Å². The topological polar surface area (TPSA) is 89.3 Å². The van der Waals surface area contributed by atoms with Crippen LogP contribution < -0.4 is 11.1 Å². The number of halogens is 3. The average molecular weight is 421 g/mol. The summed E-state index contributed by atoms with van der Waals surface area (Å²) in [5, 5.41) is 6.27. The van der Waals surface area contributed by atoms with Gasteiger partial charge in [0.25, 0.3) is 0 Å². The molecule has 1 fully saturated rings. The van der Waals surface area contributed by atoms with Gasteiger partial charge in [0.2, 0.25) is 5.89 Å². The number of hydrogen-bond acceptors (Lipinski definition) is 4. The number of guanidine groups is 1. The minimum atomic E-state index is -0.620. The van der Waals surface area contributed by atoms with Gasteiger partial charge < -0.3 is 15.6 Å². The maximum Gasteiger partial charge on any atom is 0.229 e. The van der Waals surface area contributed by atoms with E-state index in [1.54, 1.807) is 0 Å². The molecule has 0 radical (unpaired) electrons. The van der Waals surface area contributed by atoms with E-state index in [0.29, 0.717) is 17.6 Å². The zero-order valence-electron chi connectivity index (χ0n) is 11.4. The number of anilines is 1. The molecule has 1 aromatic carbocycles. The fourth-order valence-electron chi connectivity index (χ4n) is 1.75. The van der Waals surface area contributed by atoms with Crippen molar-refractivity contribution in [1.82, 2.24) is 10.1 Å². The summed E-state index contributed by atoms with van der Waals surface area (Å²) in [6, 6.07) is 3.02. The van der Waals surface area contributed by atoms with Crippen molar-refractivity contribution in [1.29, 1.82) is 0 Å². The molecule has 1 heterocycles. The van der Waals surface area contributed by atoms with E-state index < -0.39 is 11.6 Å². The molecule has 1 aliphatic carbocycles. The Morgan fingerprint density at radius 1 is 1.41 bits per heavy atom. The molecule has 118 valence electrons. The molecular weight excluding hydrogens is 407 g/mol. The van der Waals surface area contributed by atoms with Crippen LogP contribution in [0.5, 0.6) is 0 Å². The molecule has 3 rings (SSSR count). The van der Waals surface area contributed by atoms with E-state index in [9.17, 15) is 8.78 Å². The molecule has 1 aromatic heterocycles. The number of hydrogen-bond donors (Lipinski definition) is 2. The average Bonchev–Trinajstić information content (AvgIpc) is 3.20. The van der Waals surface area contributed by atoms with Crippen molar-refractivity contribution >= 4 is 35.6 Å². The summed E-state index contributed by atoms with van der Waals surface area (Å²) in [6.45, 7) is 0.103.